The summed E-state index contributed by atoms with van der Waals surface area (Å²) in [7, 11) is 0. The maximum Gasteiger partial charge on any atom is 0.239 e. The van der Waals surface area contributed by atoms with Crippen LogP contribution in [0.2, 0.25) is 0 Å². The Balaban J connectivity index is 2.86. The van der Waals surface area contributed by atoms with Crippen LogP contribution in [0.4, 0.5) is 11.6 Å². The van der Waals surface area contributed by atoms with Crippen LogP contribution in [0, 0.1) is 0 Å². The molecular formula is C10H16BrN5O. The van der Waals surface area contributed by atoms with E-state index in [0.717, 1.165) is 0 Å². The SMILES string of the molecule is CCNC(=O)CN(CC)c1ncnc(N)c1Br. The highest BCUT2D eigenvalue weighted by molar-refractivity contribution is 9.10. The number of anilines is 2. The van der Waals surface area contributed by atoms with Crippen molar-refractivity contribution in [3.05, 3.63) is 10.8 Å². The molecule has 0 radical (unpaired) electrons. The minimum absolute atomic E-state index is 0.0431. The highest BCUT2D eigenvalue weighted by Gasteiger charge is 2.15. The molecule has 0 bridgehead atoms. The molecule has 6 nitrogen and oxygen atoms in total. The summed E-state index contributed by atoms with van der Waals surface area (Å²) >= 11 is 3.33. The van der Waals surface area contributed by atoms with Crippen molar-refractivity contribution in [3.8, 4) is 0 Å². The van der Waals surface area contributed by atoms with E-state index in [1.165, 1.54) is 6.33 Å². The van der Waals surface area contributed by atoms with Crippen molar-refractivity contribution in [1.82, 2.24) is 15.3 Å². The van der Waals surface area contributed by atoms with Crippen molar-refractivity contribution in [2.45, 2.75) is 13.8 Å². The van der Waals surface area contributed by atoms with Gasteiger partial charge in [-0.1, -0.05) is 0 Å². The van der Waals surface area contributed by atoms with Crippen LogP contribution >= 0.6 is 15.9 Å². The third-order valence-corrected chi connectivity index (χ3v) is 2.95. The molecule has 1 amide bonds. The highest BCUT2D eigenvalue weighted by Crippen LogP contribution is 2.26. The number of nitrogen functional groups attached to an aromatic ring is 1. The fraction of sp³-hybridized carbons (Fsp3) is 0.500. The van der Waals surface area contributed by atoms with Gasteiger partial charge in [0.15, 0.2) is 0 Å². The van der Waals surface area contributed by atoms with Gasteiger partial charge >= 0.3 is 0 Å². The van der Waals surface area contributed by atoms with E-state index in [1.54, 1.807) is 0 Å². The Morgan fingerprint density at radius 1 is 1.53 bits per heavy atom. The quantitative estimate of drug-likeness (QED) is 0.840. The molecule has 0 aromatic carbocycles. The molecule has 0 atom stereocenters. The van der Waals surface area contributed by atoms with Gasteiger partial charge in [0.2, 0.25) is 5.91 Å². The third-order valence-electron chi connectivity index (χ3n) is 2.19. The minimum atomic E-state index is -0.0431. The summed E-state index contributed by atoms with van der Waals surface area (Å²) in [5.41, 5.74) is 5.68. The fourth-order valence-electron chi connectivity index (χ4n) is 1.36. The molecule has 0 saturated carbocycles. The molecule has 0 unspecified atom stereocenters. The second-order valence-electron chi connectivity index (χ2n) is 3.36. The smallest absolute Gasteiger partial charge is 0.239 e. The van der Waals surface area contributed by atoms with Crippen LogP contribution in [0.15, 0.2) is 10.8 Å². The summed E-state index contributed by atoms with van der Waals surface area (Å²) in [4.78, 5) is 21.4. The largest absolute Gasteiger partial charge is 0.383 e. The topological polar surface area (TPSA) is 84.1 Å². The lowest BCUT2D eigenvalue weighted by Crippen LogP contribution is -2.37. The number of amides is 1. The number of rotatable bonds is 5. The Labute approximate surface area is 109 Å². The van der Waals surface area contributed by atoms with Gasteiger partial charge in [0.1, 0.15) is 22.4 Å². The first-order valence-electron chi connectivity index (χ1n) is 5.37. The van der Waals surface area contributed by atoms with Crippen LogP contribution in [-0.4, -0.2) is 35.5 Å². The number of likely N-dealkylation sites (N-methyl/N-ethyl adjacent to an activating group) is 2. The molecule has 7 heteroatoms. The molecule has 0 aliphatic rings. The molecule has 1 aromatic rings. The molecule has 3 N–H and O–H groups in total. The van der Waals surface area contributed by atoms with E-state index in [0.29, 0.717) is 29.2 Å². The number of aromatic nitrogens is 2. The summed E-state index contributed by atoms with van der Waals surface area (Å²) in [6, 6.07) is 0. The molecule has 0 aliphatic carbocycles. The van der Waals surface area contributed by atoms with Gasteiger partial charge in [-0.3, -0.25) is 4.79 Å². The van der Waals surface area contributed by atoms with Crippen LogP contribution in [0.25, 0.3) is 0 Å². The Morgan fingerprint density at radius 2 is 2.24 bits per heavy atom. The number of hydrogen-bond donors (Lipinski definition) is 2. The summed E-state index contributed by atoms with van der Waals surface area (Å²) in [6.45, 7) is 5.35. The minimum Gasteiger partial charge on any atom is -0.383 e. The summed E-state index contributed by atoms with van der Waals surface area (Å²) in [5.74, 6) is 0.953. The maximum atomic E-state index is 11.5. The zero-order valence-electron chi connectivity index (χ0n) is 9.90. The van der Waals surface area contributed by atoms with Gasteiger partial charge in [-0.25, -0.2) is 9.97 Å². The van der Waals surface area contributed by atoms with Crippen molar-refractivity contribution >= 4 is 33.5 Å². The number of carbonyl (C=O) groups is 1. The lowest BCUT2D eigenvalue weighted by Gasteiger charge is -2.22. The fourth-order valence-corrected chi connectivity index (χ4v) is 1.81. The van der Waals surface area contributed by atoms with E-state index in [-0.39, 0.29) is 12.5 Å². The van der Waals surface area contributed by atoms with E-state index >= 15 is 0 Å². The molecule has 0 aliphatic heterocycles. The Morgan fingerprint density at radius 3 is 2.82 bits per heavy atom. The summed E-state index contributed by atoms with van der Waals surface area (Å²) in [6.07, 6.45) is 1.38. The van der Waals surface area contributed by atoms with E-state index in [9.17, 15) is 4.79 Å². The van der Waals surface area contributed by atoms with Crippen LogP contribution in [0.1, 0.15) is 13.8 Å². The number of nitrogens with two attached hydrogens (primary N) is 1. The van der Waals surface area contributed by atoms with Gasteiger partial charge in [-0.05, 0) is 29.8 Å². The molecule has 1 heterocycles. The Hall–Kier alpha value is -1.37. The summed E-state index contributed by atoms with van der Waals surface area (Å²) in [5, 5.41) is 2.74. The average Bonchev–Trinajstić information content (AvgIpc) is 2.30. The van der Waals surface area contributed by atoms with E-state index in [4.69, 9.17) is 5.73 Å². The van der Waals surface area contributed by atoms with Crippen molar-refractivity contribution in [1.29, 1.82) is 0 Å². The lowest BCUT2D eigenvalue weighted by atomic mass is 10.4. The molecule has 1 aromatic heterocycles. The first kappa shape index (κ1) is 13.7. The van der Waals surface area contributed by atoms with Gasteiger partial charge in [-0.2, -0.15) is 0 Å². The second kappa shape index (κ2) is 6.39. The Bertz CT molecular complexity index is 398. The first-order valence-corrected chi connectivity index (χ1v) is 6.17. The monoisotopic (exact) mass is 301 g/mol. The number of carbonyl (C=O) groups excluding carboxylic acids is 1. The van der Waals surface area contributed by atoms with Gasteiger partial charge in [0, 0.05) is 13.1 Å². The summed E-state index contributed by atoms with van der Waals surface area (Å²) < 4.78 is 0.617. The standard InChI is InChI=1S/C10H16BrN5O/c1-3-13-7(17)5-16(4-2)10-8(11)9(12)14-6-15-10/h6H,3-5H2,1-2H3,(H,13,17)(H2,12,14,15). The molecular weight excluding hydrogens is 286 g/mol. The van der Waals surface area contributed by atoms with Crippen molar-refractivity contribution < 1.29 is 4.79 Å². The van der Waals surface area contributed by atoms with Crippen molar-refractivity contribution in [3.63, 3.8) is 0 Å². The normalized spacial score (nSPS) is 10.1. The molecule has 0 spiro atoms. The molecule has 94 valence electrons. The highest BCUT2D eigenvalue weighted by atomic mass is 79.9. The maximum absolute atomic E-state index is 11.5. The predicted octanol–water partition coefficient (Wildman–Crippen LogP) is 0.784. The van der Waals surface area contributed by atoms with Gasteiger partial charge < -0.3 is 16.0 Å². The molecule has 1 rings (SSSR count). The number of hydrogen-bond acceptors (Lipinski definition) is 5. The van der Waals surface area contributed by atoms with Crippen LogP contribution in [-0.2, 0) is 4.79 Å². The van der Waals surface area contributed by atoms with Crippen LogP contribution in [0.5, 0.6) is 0 Å². The van der Waals surface area contributed by atoms with Gasteiger partial charge in [0.25, 0.3) is 0 Å². The molecule has 17 heavy (non-hydrogen) atoms. The lowest BCUT2D eigenvalue weighted by molar-refractivity contribution is -0.119. The van der Waals surface area contributed by atoms with E-state index in [2.05, 4.69) is 31.2 Å². The number of nitrogens with zero attached hydrogens (tertiary/aromatic N) is 3. The van der Waals surface area contributed by atoms with Gasteiger partial charge in [-0.15, -0.1) is 0 Å². The molecule has 0 fully saturated rings. The zero-order chi connectivity index (χ0) is 12.8. The van der Waals surface area contributed by atoms with E-state index in [1.807, 2.05) is 18.7 Å². The second-order valence-corrected chi connectivity index (χ2v) is 4.16. The van der Waals surface area contributed by atoms with Crippen LogP contribution in [0.3, 0.4) is 0 Å². The first-order chi connectivity index (χ1) is 8.10. The van der Waals surface area contributed by atoms with Crippen LogP contribution < -0.4 is 16.0 Å². The van der Waals surface area contributed by atoms with Crippen molar-refractivity contribution in [2.75, 3.05) is 30.3 Å². The van der Waals surface area contributed by atoms with E-state index < -0.39 is 0 Å². The molecule has 0 saturated heterocycles. The third kappa shape index (κ3) is 3.55. The average molecular weight is 302 g/mol. The predicted molar refractivity (Wildman–Crippen MR) is 70.7 cm³/mol. The van der Waals surface area contributed by atoms with Crippen molar-refractivity contribution in [2.24, 2.45) is 0 Å². The number of nitrogens with one attached hydrogen (secondary N) is 1. The number of halogens is 1. The van der Waals surface area contributed by atoms with Gasteiger partial charge in [0.05, 0.1) is 6.54 Å². The Kier molecular flexibility index (Phi) is 5.14. The zero-order valence-corrected chi connectivity index (χ0v) is 11.5.